The third-order valence-corrected chi connectivity index (χ3v) is 1.33. The van der Waals surface area contributed by atoms with Gasteiger partial charge in [-0.2, -0.15) is 15.0 Å². The van der Waals surface area contributed by atoms with Crippen molar-refractivity contribution in [3.8, 4) is 0 Å². The first-order valence-electron chi connectivity index (χ1n) is 3.35. The van der Waals surface area contributed by atoms with Gasteiger partial charge in [0.25, 0.3) is 0 Å². The molecule has 1 heterocycles. The van der Waals surface area contributed by atoms with Crippen LogP contribution in [0.15, 0.2) is 12.4 Å². The number of nitrogens with one attached hydrogen (secondary N) is 1. The molecular formula is C6H12N4. The summed E-state index contributed by atoms with van der Waals surface area (Å²) in [5.41, 5.74) is 0. The molecule has 0 spiro atoms. The van der Waals surface area contributed by atoms with Gasteiger partial charge in [-0.05, 0) is 14.0 Å². The van der Waals surface area contributed by atoms with Gasteiger partial charge in [0, 0.05) is 6.54 Å². The molecule has 0 radical (unpaired) electrons. The maximum absolute atomic E-state index is 4.00. The van der Waals surface area contributed by atoms with Crippen molar-refractivity contribution in [2.75, 3.05) is 13.6 Å². The van der Waals surface area contributed by atoms with Gasteiger partial charge in [0.1, 0.15) is 0 Å². The van der Waals surface area contributed by atoms with Gasteiger partial charge < -0.3 is 5.32 Å². The van der Waals surface area contributed by atoms with E-state index in [9.17, 15) is 0 Å². The number of hydrogen-bond donors (Lipinski definition) is 1. The van der Waals surface area contributed by atoms with E-state index in [1.807, 2.05) is 7.05 Å². The monoisotopic (exact) mass is 140 g/mol. The number of rotatable bonds is 3. The van der Waals surface area contributed by atoms with E-state index in [0.29, 0.717) is 6.04 Å². The van der Waals surface area contributed by atoms with E-state index in [2.05, 4.69) is 22.4 Å². The molecule has 56 valence electrons. The van der Waals surface area contributed by atoms with Gasteiger partial charge in [-0.25, -0.2) is 0 Å². The van der Waals surface area contributed by atoms with Gasteiger partial charge in [-0.15, -0.1) is 0 Å². The fourth-order valence-electron chi connectivity index (χ4n) is 0.831. The van der Waals surface area contributed by atoms with Gasteiger partial charge in [-0.1, -0.05) is 0 Å². The van der Waals surface area contributed by atoms with Crippen molar-refractivity contribution >= 4 is 0 Å². The number of likely N-dealkylation sites (N-methyl/N-ethyl adjacent to an activating group) is 1. The fourth-order valence-corrected chi connectivity index (χ4v) is 0.831. The van der Waals surface area contributed by atoms with Crippen LogP contribution < -0.4 is 5.32 Å². The first kappa shape index (κ1) is 7.21. The first-order valence-corrected chi connectivity index (χ1v) is 3.35. The summed E-state index contributed by atoms with van der Waals surface area (Å²) in [4.78, 5) is 1.69. The van der Waals surface area contributed by atoms with Crippen molar-refractivity contribution < 1.29 is 0 Å². The van der Waals surface area contributed by atoms with E-state index in [-0.39, 0.29) is 0 Å². The van der Waals surface area contributed by atoms with Gasteiger partial charge in [0.2, 0.25) is 0 Å². The largest absolute Gasteiger partial charge is 0.318 e. The summed E-state index contributed by atoms with van der Waals surface area (Å²) in [5.74, 6) is 0. The molecule has 4 heteroatoms. The molecule has 1 aromatic heterocycles. The molecule has 0 saturated heterocycles. The van der Waals surface area contributed by atoms with Crippen molar-refractivity contribution in [2.24, 2.45) is 0 Å². The zero-order valence-electron chi connectivity index (χ0n) is 6.28. The highest BCUT2D eigenvalue weighted by Crippen LogP contribution is 1.96. The molecule has 0 aliphatic carbocycles. The highest BCUT2D eigenvalue weighted by atomic mass is 15.5. The molecule has 10 heavy (non-hydrogen) atoms. The normalized spacial score (nSPS) is 13.4. The van der Waals surface area contributed by atoms with Gasteiger partial charge in [0.15, 0.2) is 0 Å². The van der Waals surface area contributed by atoms with Crippen molar-refractivity contribution in [2.45, 2.75) is 13.0 Å². The lowest BCUT2D eigenvalue weighted by Gasteiger charge is -2.08. The van der Waals surface area contributed by atoms with Crippen molar-refractivity contribution in [1.29, 1.82) is 0 Å². The van der Waals surface area contributed by atoms with Crippen molar-refractivity contribution in [3.05, 3.63) is 12.4 Å². The Morgan fingerprint density at radius 3 is 2.60 bits per heavy atom. The Labute approximate surface area is 60.2 Å². The third kappa shape index (κ3) is 1.54. The Kier molecular flexibility index (Phi) is 2.39. The Balaban J connectivity index is 2.50. The zero-order valence-corrected chi connectivity index (χ0v) is 6.28. The van der Waals surface area contributed by atoms with E-state index in [0.717, 1.165) is 6.54 Å². The topological polar surface area (TPSA) is 42.7 Å². The van der Waals surface area contributed by atoms with Crippen LogP contribution >= 0.6 is 0 Å². The maximum atomic E-state index is 4.00. The molecular weight excluding hydrogens is 128 g/mol. The third-order valence-electron chi connectivity index (χ3n) is 1.33. The summed E-state index contributed by atoms with van der Waals surface area (Å²) in [6.45, 7) is 2.96. The number of nitrogens with zero attached hydrogens (tertiary/aromatic N) is 3. The molecule has 1 unspecified atom stereocenters. The molecule has 0 fully saturated rings. The molecule has 0 bridgehead atoms. The minimum atomic E-state index is 0.333. The van der Waals surface area contributed by atoms with Crippen LogP contribution in [0.5, 0.6) is 0 Å². The summed E-state index contributed by atoms with van der Waals surface area (Å²) >= 11 is 0. The van der Waals surface area contributed by atoms with Crippen LogP contribution in [0.1, 0.15) is 13.0 Å². The second-order valence-corrected chi connectivity index (χ2v) is 2.26. The molecule has 1 aromatic rings. The Morgan fingerprint density at radius 2 is 2.10 bits per heavy atom. The van der Waals surface area contributed by atoms with E-state index < -0.39 is 0 Å². The number of aromatic nitrogens is 3. The van der Waals surface area contributed by atoms with Crippen molar-refractivity contribution in [1.82, 2.24) is 20.3 Å². The molecule has 1 N–H and O–H groups in total. The molecule has 1 rings (SSSR count). The van der Waals surface area contributed by atoms with Crippen LogP contribution in [0.25, 0.3) is 0 Å². The van der Waals surface area contributed by atoms with Crippen LogP contribution in [0.4, 0.5) is 0 Å². The number of hydrogen-bond acceptors (Lipinski definition) is 3. The summed E-state index contributed by atoms with van der Waals surface area (Å²) in [6, 6.07) is 0.333. The van der Waals surface area contributed by atoms with Crippen LogP contribution in [0.3, 0.4) is 0 Å². The molecule has 4 nitrogen and oxygen atoms in total. The molecule has 0 saturated carbocycles. The smallest absolute Gasteiger partial charge is 0.0812 e. The van der Waals surface area contributed by atoms with E-state index >= 15 is 0 Å². The second-order valence-electron chi connectivity index (χ2n) is 2.26. The second kappa shape index (κ2) is 3.31. The first-order chi connectivity index (χ1) is 4.84. The molecule has 0 amide bonds. The summed E-state index contributed by atoms with van der Waals surface area (Å²) < 4.78 is 0. The highest BCUT2D eigenvalue weighted by Gasteiger charge is 2.01. The van der Waals surface area contributed by atoms with Crippen LogP contribution in [-0.4, -0.2) is 28.6 Å². The summed E-state index contributed by atoms with van der Waals surface area (Å²) in [5, 5.41) is 11.1. The Bertz CT molecular complexity index is 170. The van der Waals surface area contributed by atoms with E-state index in [1.54, 1.807) is 17.2 Å². The average Bonchev–Trinajstić information content (AvgIpc) is 2.38. The predicted molar refractivity (Wildman–Crippen MR) is 38.7 cm³/mol. The molecule has 0 aliphatic rings. The van der Waals surface area contributed by atoms with E-state index in [4.69, 9.17) is 0 Å². The van der Waals surface area contributed by atoms with Gasteiger partial charge in [-0.3, -0.25) is 0 Å². The van der Waals surface area contributed by atoms with Gasteiger partial charge in [0.05, 0.1) is 18.4 Å². The molecule has 0 aliphatic heterocycles. The molecule has 0 aromatic carbocycles. The predicted octanol–water partition coefficient (Wildman–Crippen LogP) is 0.0585. The fraction of sp³-hybridized carbons (Fsp3) is 0.667. The van der Waals surface area contributed by atoms with E-state index in [1.165, 1.54) is 0 Å². The van der Waals surface area contributed by atoms with Crippen LogP contribution in [0.2, 0.25) is 0 Å². The Morgan fingerprint density at radius 1 is 1.50 bits per heavy atom. The van der Waals surface area contributed by atoms with Crippen LogP contribution in [-0.2, 0) is 0 Å². The zero-order chi connectivity index (χ0) is 7.40. The summed E-state index contributed by atoms with van der Waals surface area (Å²) in [6.07, 6.45) is 3.37. The quantitative estimate of drug-likeness (QED) is 0.645. The maximum Gasteiger partial charge on any atom is 0.0812 e. The van der Waals surface area contributed by atoms with Crippen molar-refractivity contribution in [3.63, 3.8) is 0 Å². The average molecular weight is 140 g/mol. The molecule has 1 atom stereocenters. The lowest BCUT2D eigenvalue weighted by atomic mass is 10.4. The van der Waals surface area contributed by atoms with Crippen LogP contribution in [0, 0.1) is 0 Å². The standard InChI is InChI=1S/C6H12N4/c1-6(5-7-2)10-8-3-4-9-10/h3-4,6-7H,5H2,1-2H3. The minimum absolute atomic E-state index is 0.333. The SMILES string of the molecule is CNCC(C)n1nccn1. The lowest BCUT2D eigenvalue weighted by molar-refractivity contribution is 0.420. The lowest BCUT2D eigenvalue weighted by Crippen LogP contribution is -2.21. The van der Waals surface area contributed by atoms with Gasteiger partial charge >= 0.3 is 0 Å². The highest BCUT2D eigenvalue weighted by molar-refractivity contribution is 4.65. The Hall–Kier alpha value is -0.900. The summed E-state index contributed by atoms with van der Waals surface area (Å²) in [7, 11) is 1.92. The minimum Gasteiger partial charge on any atom is -0.318 e.